The lowest BCUT2D eigenvalue weighted by molar-refractivity contribution is 0.0692. The van der Waals surface area contributed by atoms with Crippen LogP contribution in [-0.4, -0.2) is 22.1 Å². The molecule has 2 amide bonds. The number of aromatic amines is 1. The number of halogens is 1. The quantitative estimate of drug-likeness (QED) is 0.699. The van der Waals surface area contributed by atoms with Crippen LogP contribution < -0.4 is 10.6 Å². The van der Waals surface area contributed by atoms with Crippen molar-refractivity contribution in [3.63, 3.8) is 0 Å². The number of aromatic nitrogens is 1. The van der Waals surface area contributed by atoms with Crippen LogP contribution in [0.25, 0.3) is 0 Å². The number of nitrogens with one attached hydrogen (secondary N) is 3. The minimum Gasteiger partial charge on any atom is -0.477 e. The molecule has 0 atom stereocenters. The van der Waals surface area contributed by atoms with Crippen molar-refractivity contribution in [2.24, 2.45) is 0 Å². The first-order valence-corrected chi connectivity index (χ1v) is 6.55. The minimum absolute atomic E-state index is 0.0471. The highest BCUT2D eigenvalue weighted by atomic mass is 35.5. The third-order valence-corrected chi connectivity index (χ3v) is 3.03. The molecule has 0 bridgehead atoms. The van der Waals surface area contributed by atoms with E-state index in [4.69, 9.17) is 16.7 Å². The number of benzene rings is 1. The summed E-state index contributed by atoms with van der Waals surface area (Å²) in [5.74, 6) is -1.13. The second kappa shape index (κ2) is 6.32. The normalized spacial score (nSPS) is 10.2. The van der Waals surface area contributed by atoms with Crippen LogP contribution in [0.15, 0.2) is 30.3 Å². The first-order chi connectivity index (χ1) is 9.95. The van der Waals surface area contributed by atoms with Crippen LogP contribution in [0.2, 0.25) is 5.02 Å². The average Bonchev–Trinajstić information content (AvgIpc) is 2.79. The molecule has 0 saturated heterocycles. The molecule has 0 aliphatic carbocycles. The van der Waals surface area contributed by atoms with Crippen LogP contribution in [-0.2, 0) is 6.54 Å². The number of carbonyl (C=O) groups excluding carboxylic acids is 1. The number of hydrogen-bond donors (Lipinski definition) is 4. The van der Waals surface area contributed by atoms with Crippen molar-refractivity contribution < 1.29 is 14.7 Å². The molecule has 0 aliphatic rings. The van der Waals surface area contributed by atoms with Crippen molar-refractivity contribution in [3.8, 4) is 0 Å². The summed E-state index contributed by atoms with van der Waals surface area (Å²) in [7, 11) is 0. The van der Waals surface area contributed by atoms with E-state index in [-0.39, 0.29) is 11.4 Å². The predicted octanol–water partition coefficient (Wildman–Crippen LogP) is 3.00. The molecule has 1 heterocycles. The number of carboxylic acids is 1. The van der Waals surface area contributed by atoms with E-state index in [0.29, 0.717) is 17.3 Å². The molecule has 2 rings (SSSR count). The van der Waals surface area contributed by atoms with Gasteiger partial charge in [-0.15, -0.1) is 0 Å². The van der Waals surface area contributed by atoms with Crippen molar-refractivity contribution in [2.45, 2.75) is 13.5 Å². The van der Waals surface area contributed by atoms with E-state index in [2.05, 4.69) is 15.6 Å². The number of hydrogen-bond acceptors (Lipinski definition) is 2. The Labute approximate surface area is 126 Å². The number of aryl methyl sites for hydroxylation is 1. The molecule has 6 nitrogen and oxygen atoms in total. The van der Waals surface area contributed by atoms with Gasteiger partial charge in [-0.1, -0.05) is 23.7 Å². The topological polar surface area (TPSA) is 94.2 Å². The van der Waals surface area contributed by atoms with E-state index < -0.39 is 12.0 Å². The zero-order valence-electron chi connectivity index (χ0n) is 11.2. The predicted molar refractivity (Wildman–Crippen MR) is 79.8 cm³/mol. The van der Waals surface area contributed by atoms with Gasteiger partial charge in [0.2, 0.25) is 0 Å². The molecular formula is C14H14ClN3O3. The number of amides is 2. The molecule has 0 radical (unpaired) electrons. The fraction of sp³-hybridized carbons (Fsp3) is 0.143. The number of urea groups is 1. The maximum Gasteiger partial charge on any atom is 0.354 e. The molecule has 0 fully saturated rings. The number of anilines is 1. The lowest BCUT2D eigenvalue weighted by atomic mass is 10.2. The highest BCUT2D eigenvalue weighted by molar-refractivity contribution is 6.30. The second-order valence-corrected chi connectivity index (χ2v) is 4.92. The maximum absolute atomic E-state index is 11.8. The van der Waals surface area contributed by atoms with Crippen molar-refractivity contribution in [3.05, 3.63) is 52.3 Å². The number of carboxylic acid groups (broad SMARTS) is 1. The smallest absolute Gasteiger partial charge is 0.354 e. The lowest BCUT2D eigenvalue weighted by Crippen LogP contribution is -2.28. The van der Waals surface area contributed by atoms with Gasteiger partial charge in [-0.3, -0.25) is 0 Å². The molecule has 4 N–H and O–H groups in total. The summed E-state index contributed by atoms with van der Waals surface area (Å²) in [5, 5.41) is 14.8. The van der Waals surface area contributed by atoms with Gasteiger partial charge in [0.1, 0.15) is 5.69 Å². The fourth-order valence-corrected chi connectivity index (χ4v) is 1.93. The third-order valence-electron chi connectivity index (χ3n) is 2.78. The Kier molecular flexibility index (Phi) is 4.49. The maximum atomic E-state index is 11.8. The van der Waals surface area contributed by atoms with Gasteiger partial charge in [0.25, 0.3) is 0 Å². The van der Waals surface area contributed by atoms with Crippen LogP contribution in [0.3, 0.4) is 0 Å². The molecule has 1 aromatic carbocycles. The summed E-state index contributed by atoms with van der Waals surface area (Å²) in [6.45, 7) is 2.03. The van der Waals surface area contributed by atoms with Crippen LogP contribution in [0.5, 0.6) is 0 Å². The molecule has 21 heavy (non-hydrogen) atoms. The van der Waals surface area contributed by atoms with Crippen molar-refractivity contribution >= 4 is 29.3 Å². The largest absolute Gasteiger partial charge is 0.477 e. The monoisotopic (exact) mass is 307 g/mol. The summed E-state index contributed by atoms with van der Waals surface area (Å²) in [6, 6.07) is 8.14. The van der Waals surface area contributed by atoms with Gasteiger partial charge in [-0.05, 0) is 30.7 Å². The summed E-state index contributed by atoms with van der Waals surface area (Å²) >= 11 is 5.77. The van der Waals surface area contributed by atoms with Gasteiger partial charge in [0, 0.05) is 17.3 Å². The molecule has 0 aliphatic heterocycles. The molecule has 0 unspecified atom stereocenters. The van der Waals surface area contributed by atoms with E-state index in [0.717, 1.165) is 5.56 Å². The zero-order chi connectivity index (χ0) is 15.4. The highest BCUT2D eigenvalue weighted by Crippen LogP contribution is 2.16. The Bertz CT molecular complexity index is 665. The Morgan fingerprint density at radius 3 is 2.57 bits per heavy atom. The molecule has 1 aromatic heterocycles. The van der Waals surface area contributed by atoms with Crippen LogP contribution in [0.4, 0.5) is 10.5 Å². The Morgan fingerprint density at radius 1 is 1.29 bits per heavy atom. The summed E-state index contributed by atoms with van der Waals surface area (Å²) in [4.78, 5) is 25.5. The minimum atomic E-state index is -1.13. The second-order valence-electron chi connectivity index (χ2n) is 4.48. The van der Waals surface area contributed by atoms with Crippen molar-refractivity contribution in [2.75, 3.05) is 5.32 Å². The number of H-pyrrole nitrogens is 1. The van der Waals surface area contributed by atoms with Gasteiger partial charge in [-0.25, -0.2) is 9.59 Å². The lowest BCUT2D eigenvalue weighted by Gasteiger charge is -2.07. The Balaban J connectivity index is 1.96. The highest BCUT2D eigenvalue weighted by Gasteiger charge is 2.15. The van der Waals surface area contributed by atoms with Crippen LogP contribution in [0, 0.1) is 6.92 Å². The van der Waals surface area contributed by atoms with Gasteiger partial charge in [-0.2, -0.15) is 0 Å². The summed E-state index contributed by atoms with van der Waals surface area (Å²) in [6.07, 6.45) is 0. The Hall–Kier alpha value is -2.47. The first-order valence-electron chi connectivity index (χ1n) is 6.18. The van der Waals surface area contributed by atoms with Gasteiger partial charge in [0.15, 0.2) is 0 Å². The Morgan fingerprint density at radius 2 is 1.95 bits per heavy atom. The van der Waals surface area contributed by atoms with Gasteiger partial charge < -0.3 is 20.7 Å². The number of aromatic carboxylic acids is 1. The standard InChI is InChI=1S/C14H14ClN3O3/c1-8-6-11(12(17-8)13(19)20)18-14(21)16-7-9-2-4-10(15)5-3-9/h2-6,17H,7H2,1H3,(H,19,20)(H2,16,18,21). The van der Waals surface area contributed by atoms with Crippen molar-refractivity contribution in [1.82, 2.24) is 10.3 Å². The van der Waals surface area contributed by atoms with E-state index in [1.807, 2.05) is 0 Å². The van der Waals surface area contributed by atoms with Crippen molar-refractivity contribution in [1.29, 1.82) is 0 Å². The van der Waals surface area contributed by atoms with Crippen LogP contribution in [0.1, 0.15) is 21.7 Å². The van der Waals surface area contributed by atoms with E-state index in [1.54, 1.807) is 37.3 Å². The molecule has 110 valence electrons. The van der Waals surface area contributed by atoms with Crippen LogP contribution >= 0.6 is 11.6 Å². The average molecular weight is 308 g/mol. The SMILES string of the molecule is Cc1cc(NC(=O)NCc2ccc(Cl)cc2)c(C(=O)O)[nH]1. The first kappa shape index (κ1) is 14.9. The molecule has 2 aromatic rings. The summed E-state index contributed by atoms with van der Waals surface area (Å²) in [5.41, 5.74) is 1.72. The third kappa shape index (κ3) is 4.00. The van der Waals surface area contributed by atoms with E-state index >= 15 is 0 Å². The molecular weight excluding hydrogens is 294 g/mol. The summed E-state index contributed by atoms with van der Waals surface area (Å²) < 4.78 is 0. The molecule has 7 heteroatoms. The van der Waals surface area contributed by atoms with E-state index in [9.17, 15) is 9.59 Å². The zero-order valence-corrected chi connectivity index (χ0v) is 12.0. The van der Waals surface area contributed by atoms with Gasteiger partial charge >= 0.3 is 12.0 Å². The fourth-order valence-electron chi connectivity index (χ4n) is 1.81. The number of carbonyl (C=O) groups is 2. The number of rotatable bonds is 4. The van der Waals surface area contributed by atoms with Gasteiger partial charge in [0.05, 0.1) is 5.69 Å². The molecule has 0 spiro atoms. The molecule has 0 saturated carbocycles. The van der Waals surface area contributed by atoms with E-state index in [1.165, 1.54) is 0 Å².